The zero-order chi connectivity index (χ0) is 34.1. The smallest absolute Gasteiger partial charge is 0.147 e. The van der Waals surface area contributed by atoms with Gasteiger partial charge in [0.05, 0.1) is 28.3 Å². The number of furan rings is 2. The Kier molecular flexibility index (Phi) is 6.52. The molecular weight excluding hydrogens is 625 g/mol. The molecule has 0 unspecified atom stereocenters. The first-order valence-electron chi connectivity index (χ1n) is 17.1. The summed E-state index contributed by atoms with van der Waals surface area (Å²) in [6.45, 7) is 6.33. The monoisotopic (exact) mass is 654 g/mol. The van der Waals surface area contributed by atoms with E-state index in [1.54, 1.807) is 0 Å². The first-order valence-corrected chi connectivity index (χ1v) is 17.1. The number of allylic oxidation sites excluding steroid dienone is 1. The second kappa shape index (κ2) is 11.4. The van der Waals surface area contributed by atoms with Gasteiger partial charge in [-0.3, -0.25) is 4.98 Å². The van der Waals surface area contributed by atoms with Crippen LogP contribution in [0.25, 0.3) is 99.5 Å². The minimum atomic E-state index is 0.763. The summed E-state index contributed by atoms with van der Waals surface area (Å²) in [5, 5.41) is 8.58. The van der Waals surface area contributed by atoms with E-state index in [0.29, 0.717) is 0 Å². The summed E-state index contributed by atoms with van der Waals surface area (Å²) >= 11 is 0. The Hall–Kier alpha value is -6.78. The minimum absolute atomic E-state index is 0.763. The highest BCUT2D eigenvalue weighted by atomic mass is 16.3. The SMILES string of the molecule is C=C/C(c1cccc(-c2cnc3c4ccccc4c4ccccc4c3n2)c1)=c1/oc2c(cc(-c3ccccc3)c3oc4ccccc4c32)/c1=C/C. The third kappa shape index (κ3) is 4.40. The molecule has 4 heteroatoms. The summed E-state index contributed by atoms with van der Waals surface area (Å²) in [6.07, 6.45) is 5.90. The number of benzene rings is 7. The number of hydrogen-bond donors (Lipinski definition) is 0. The number of nitrogens with zero attached hydrogens (tertiary/aromatic N) is 2. The Morgan fingerprint density at radius 3 is 2.02 bits per heavy atom. The lowest BCUT2D eigenvalue weighted by molar-refractivity contribution is 0.576. The van der Waals surface area contributed by atoms with Gasteiger partial charge in [-0.15, -0.1) is 0 Å². The quantitative estimate of drug-likeness (QED) is 0.177. The largest absolute Gasteiger partial charge is 0.455 e. The van der Waals surface area contributed by atoms with Gasteiger partial charge in [-0.25, -0.2) is 4.98 Å². The lowest BCUT2D eigenvalue weighted by Gasteiger charge is -2.11. The predicted molar refractivity (Wildman–Crippen MR) is 211 cm³/mol. The van der Waals surface area contributed by atoms with Crippen LogP contribution in [0.2, 0.25) is 0 Å². The van der Waals surface area contributed by atoms with Crippen LogP contribution in [0.3, 0.4) is 0 Å². The molecule has 4 nitrogen and oxygen atoms in total. The Labute approximate surface area is 292 Å². The fourth-order valence-corrected chi connectivity index (χ4v) is 7.72. The molecule has 0 fully saturated rings. The topological polar surface area (TPSA) is 52.1 Å². The van der Waals surface area contributed by atoms with Crippen molar-refractivity contribution >= 4 is 77.1 Å². The lowest BCUT2D eigenvalue weighted by atomic mass is 9.98. The van der Waals surface area contributed by atoms with Crippen LogP contribution in [0.4, 0.5) is 0 Å². The predicted octanol–water partition coefficient (Wildman–Crippen LogP) is 11.1. The van der Waals surface area contributed by atoms with E-state index in [-0.39, 0.29) is 0 Å². The molecule has 0 bridgehead atoms. The van der Waals surface area contributed by atoms with Crippen molar-refractivity contribution in [3.63, 3.8) is 0 Å². The Morgan fingerprint density at radius 2 is 1.27 bits per heavy atom. The number of hydrogen-bond acceptors (Lipinski definition) is 4. The normalized spacial score (nSPS) is 12.9. The Bertz CT molecular complexity index is 3130. The standard InChI is InChI=1S/C47H30N2O2/c1-3-31(29-17-14-18-30(25-29)40-27-48-43-35-21-10-8-19-33(35)34-20-9-11-22-36(34)44(43)49-40)45-32(4-2)39-26-38(28-15-6-5-7-16-28)46-42(47(39)51-45)37-23-12-13-24-41(37)50-46/h3-27H,1H2,2H3/b32-4-,45-31-. The van der Waals surface area contributed by atoms with E-state index < -0.39 is 0 Å². The number of para-hydroxylation sites is 1. The molecule has 10 aromatic rings. The summed E-state index contributed by atoms with van der Waals surface area (Å²) in [4.78, 5) is 10.3. The van der Waals surface area contributed by atoms with Crippen molar-refractivity contribution in [2.45, 2.75) is 6.92 Å². The molecule has 3 aromatic heterocycles. The number of aromatic nitrogens is 2. The maximum absolute atomic E-state index is 6.93. The van der Waals surface area contributed by atoms with Crippen LogP contribution in [0.1, 0.15) is 12.5 Å². The van der Waals surface area contributed by atoms with Crippen LogP contribution in [-0.4, -0.2) is 9.97 Å². The first-order chi connectivity index (χ1) is 25.2. The molecule has 0 amide bonds. The second-order valence-corrected chi connectivity index (χ2v) is 12.8. The Morgan fingerprint density at radius 1 is 0.608 bits per heavy atom. The lowest BCUT2D eigenvalue weighted by Crippen LogP contribution is -2.22. The zero-order valence-electron chi connectivity index (χ0n) is 27.9. The van der Waals surface area contributed by atoms with Gasteiger partial charge in [0.15, 0.2) is 0 Å². The molecule has 240 valence electrons. The number of fused-ring (bicyclic) bond motifs is 11. The molecule has 0 atom stereocenters. The summed E-state index contributed by atoms with van der Waals surface area (Å²) in [5.74, 6) is 0. The maximum atomic E-state index is 6.93. The molecule has 0 aliphatic heterocycles. The molecule has 3 heterocycles. The van der Waals surface area contributed by atoms with Crippen LogP contribution in [0.15, 0.2) is 161 Å². The molecular formula is C47H30N2O2. The van der Waals surface area contributed by atoms with Crippen molar-refractivity contribution in [1.29, 1.82) is 0 Å². The van der Waals surface area contributed by atoms with Gasteiger partial charge in [0.2, 0.25) is 0 Å². The highest BCUT2D eigenvalue weighted by Gasteiger charge is 2.21. The molecule has 0 aliphatic carbocycles. The zero-order valence-corrected chi connectivity index (χ0v) is 27.9. The van der Waals surface area contributed by atoms with E-state index in [1.807, 2.05) is 36.5 Å². The summed E-state index contributed by atoms with van der Waals surface area (Å²) < 4.78 is 13.5. The molecule has 0 N–H and O–H groups in total. The molecule has 0 aliphatic rings. The van der Waals surface area contributed by atoms with Gasteiger partial charge in [0.25, 0.3) is 0 Å². The van der Waals surface area contributed by atoms with Crippen molar-refractivity contribution in [3.8, 4) is 22.4 Å². The van der Waals surface area contributed by atoms with E-state index in [1.165, 1.54) is 10.8 Å². The second-order valence-electron chi connectivity index (χ2n) is 12.8. The number of rotatable bonds is 4. The Balaban J connectivity index is 1.22. The molecule has 10 rings (SSSR count). The third-order valence-electron chi connectivity index (χ3n) is 10.1. The van der Waals surface area contributed by atoms with Crippen LogP contribution in [0.5, 0.6) is 0 Å². The van der Waals surface area contributed by atoms with Gasteiger partial charge < -0.3 is 8.83 Å². The van der Waals surface area contributed by atoms with E-state index >= 15 is 0 Å². The summed E-state index contributed by atoms with van der Waals surface area (Å²) in [5.41, 5.74) is 10.8. The van der Waals surface area contributed by atoms with Crippen molar-refractivity contribution in [1.82, 2.24) is 9.97 Å². The van der Waals surface area contributed by atoms with E-state index in [4.69, 9.17) is 18.8 Å². The summed E-state index contributed by atoms with van der Waals surface area (Å²) in [6, 6.07) is 46.0. The van der Waals surface area contributed by atoms with Gasteiger partial charge in [0.1, 0.15) is 22.2 Å². The minimum Gasteiger partial charge on any atom is -0.455 e. The van der Waals surface area contributed by atoms with Crippen molar-refractivity contribution in [2.24, 2.45) is 0 Å². The van der Waals surface area contributed by atoms with Crippen LogP contribution in [0, 0.1) is 0 Å². The fraction of sp³-hybridized carbons (Fsp3) is 0.0213. The van der Waals surface area contributed by atoms with Crippen LogP contribution >= 0.6 is 0 Å². The van der Waals surface area contributed by atoms with Gasteiger partial charge >= 0.3 is 0 Å². The van der Waals surface area contributed by atoms with E-state index in [2.05, 4.69) is 129 Å². The van der Waals surface area contributed by atoms with Gasteiger partial charge in [0, 0.05) is 43.5 Å². The van der Waals surface area contributed by atoms with Gasteiger partial charge in [-0.2, -0.15) is 0 Å². The first kappa shape index (κ1) is 29.2. The van der Waals surface area contributed by atoms with Crippen LogP contribution < -0.4 is 10.6 Å². The molecule has 0 spiro atoms. The average molecular weight is 655 g/mol. The molecule has 51 heavy (non-hydrogen) atoms. The van der Waals surface area contributed by atoms with Crippen molar-refractivity contribution in [3.05, 3.63) is 169 Å². The van der Waals surface area contributed by atoms with Gasteiger partial charge in [-0.1, -0.05) is 134 Å². The van der Waals surface area contributed by atoms with Crippen molar-refractivity contribution < 1.29 is 8.83 Å². The molecule has 7 aromatic carbocycles. The molecule has 0 saturated carbocycles. The molecule has 0 saturated heterocycles. The average Bonchev–Trinajstić information content (AvgIpc) is 3.77. The van der Waals surface area contributed by atoms with E-state index in [9.17, 15) is 0 Å². The van der Waals surface area contributed by atoms with Crippen molar-refractivity contribution in [2.75, 3.05) is 0 Å². The third-order valence-corrected chi connectivity index (χ3v) is 10.1. The molecule has 0 radical (unpaired) electrons. The highest BCUT2D eigenvalue weighted by Crippen LogP contribution is 2.40. The fourth-order valence-electron chi connectivity index (χ4n) is 7.72. The highest BCUT2D eigenvalue weighted by molar-refractivity contribution is 6.23. The maximum Gasteiger partial charge on any atom is 0.147 e. The van der Waals surface area contributed by atoms with Crippen LogP contribution in [-0.2, 0) is 0 Å². The van der Waals surface area contributed by atoms with Gasteiger partial charge in [-0.05, 0) is 47.0 Å². The summed E-state index contributed by atoms with van der Waals surface area (Å²) in [7, 11) is 0. The van der Waals surface area contributed by atoms with E-state index in [0.717, 1.165) is 98.9 Å².